The molecule has 0 bridgehead atoms. The summed E-state index contributed by atoms with van der Waals surface area (Å²) in [6.07, 6.45) is 2.69. The first-order valence-electron chi connectivity index (χ1n) is 7.74. The van der Waals surface area contributed by atoms with Crippen molar-refractivity contribution in [3.8, 4) is 0 Å². The van der Waals surface area contributed by atoms with Gasteiger partial charge in [0.05, 0.1) is 6.04 Å². The van der Waals surface area contributed by atoms with Gasteiger partial charge < -0.3 is 15.5 Å². The zero-order valence-corrected chi connectivity index (χ0v) is 16.5. The minimum atomic E-state index is -0.447. The Morgan fingerprint density at radius 3 is 2.25 bits per heavy atom. The van der Waals surface area contributed by atoms with Crippen molar-refractivity contribution in [2.45, 2.75) is 25.9 Å². The Labute approximate surface area is 155 Å². The number of benzene rings is 1. The highest BCUT2D eigenvalue weighted by Gasteiger charge is 2.19. The molecular formula is C17H28ClN3O2S. The number of amides is 2. The summed E-state index contributed by atoms with van der Waals surface area (Å²) in [6.45, 7) is 3.08. The summed E-state index contributed by atoms with van der Waals surface area (Å²) < 4.78 is 0. The SMILES string of the molecule is CCN(Cc1ccc(C(=O)N(C)C)cc1)C(=O)[C@@H](N)CCSC.Cl. The van der Waals surface area contributed by atoms with E-state index in [1.165, 1.54) is 0 Å². The maximum Gasteiger partial charge on any atom is 0.253 e. The van der Waals surface area contributed by atoms with E-state index in [2.05, 4.69) is 0 Å². The lowest BCUT2D eigenvalue weighted by atomic mass is 10.1. The van der Waals surface area contributed by atoms with Crippen LogP contribution in [0.4, 0.5) is 0 Å². The number of nitrogens with zero attached hydrogens (tertiary/aromatic N) is 2. The van der Waals surface area contributed by atoms with Crippen LogP contribution >= 0.6 is 24.2 Å². The van der Waals surface area contributed by atoms with Crippen LogP contribution in [0.5, 0.6) is 0 Å². The molecular weight excluding hydrogens is 346 g/mol. The van der Waals surface area contributed by atoms with Gasteiger partial charge in [-0.3, -0.25) is 9.59 Å². The minimum absolute atomic E-state index is 0. The Bertz CT molecular complexity index is 523. The Kier molecular flexibility index (Phi) is 10.8. The van der Waals surface area contributed by atoms with Crippen molar-refractivity contribution in [1.29, 1.82) is 0 Å². The standard InChI is InChI=1S/C17H27N3O2S.ClH/c1-5-20(17(22)15(18)10-11-23-4)12-13-6-8-14(9-7-13)16(21)19(2)3;/h6-9,15H,5,10-12,18H2,1-4H3;1H/t15-;/m0./s1. The predicted molar refractivity (Wildman–Crippen MR) is 104 cm³/mol. The van der Waals surface area contributed by atoms with Gasteiger partial charge in [0, 0.05) is 32.7 Å². The first-order valence-corrected chi connectivity index (χ1v) is 9.14. The molecule has 0 aliphatic rings. The molecule has 0 unspecified atom stereocenters. The summed E-state index contributed by atoms with van der Waals surface area (Å²) in [5.41, 5.74) is 7.61. The summed E-state index contributed by atoms with van der Waals surface area (Å²) in [6, 6.07) is 6.92. The lowest BCUT2D eigenvalue weighted by Gasteiger charge is -2.24. The van der Waals surface area contributed by atoms with Crippen molar-refractivity contribution >= 4 is 36.0 Å². The van der Waals surface area contributed by atoms with E-state index in [0.717, 1.165) is 11.3 Å². The van der Waals surface area contributed by atoms with Crippen LogP contribution < -0.4 is 5.73 Å². The molecule has 1 aromatic carbocycles. The van der Waals surface area contributed by atoms with Gasteiger partial charge in [0.15, 0.2) is 0 Å². The van der Waals surface area contributed by atoms with E-state index in [0.29, 0.717) is 25.1 Å². The summed E-state index contributed by atoms with van der Waals surface area (Å²) in [5, 5.41) is 0. The molecule has 1 aromatic rings. The first kappa shape index (κ1) is 22.8. The molecule has 24 heavy (non-hydrogen) atoms. The third-order valence-electron chi connectivity index (χ3n) is 3.62. The predicted octanol–water partition coefficient (Wildman–Crippen LogP) is 2.24. The molecule has 0 saturated heterocycles. The maximum absolute atomic E-state index is 12.4. The van der Waals surface area contributed by atoms with Crippen molar-refractivity contribution in [2.24, 2.45) is 5.73 Å². The van der Waals surface area contributed by atoms with Crippen LogP contribution in [0.3, 0.4) is 0 Å². The fourth-order valence-corrected chi connectivity index (χ4v) is 2.67. The van der Waals surface area contributed by atoms with E-state index >= 15 is 0 Å². The zero-order chi connectivity index (χ0) is 17.4. The fraction of sp³-hybridized carbons (Fsp3) is 0.529. The average Bonchev–Trinajstić information content (AvgIpc) is 2.56. The van der Waals surface area contributed by atoms with Gasteiger partial charge in [0.25, 0.3) is 5.91 Å². The molecule has 0 fully saturated rings. The van der Waals surface area contributed by atoms with Gasteiger partial charge in [-0.05, 0) is 43.0 Å². The quantitative estimate of drug-likeness (QED) is 0.758. The number of likely N-dealkylation sites (N-methyl/N-ethyl adjacent to an activating group) is 1. The highest BCUT2D eigenvalue weighted by Crippen LogP contribution is 2.11. The van der Waals surface area contributed by atoms with Gasteiger partial charge in [-0.15, -0.1) is 12.4 Å². The molecule has 0 heterocycles. The van der Waals surface area contributed by atoms with Crippen molar-refractivity contribution < 1.29 is 9.59 Å². The van der Waals surface area contributed by atoms with Crippen LogP contribution in [0.1, 0.15) is 29.3 Å². The Morgan fingerprint density at radius 2 is 1.79 bits per heavy atom. The third-order valence-corrected chi connectivity index (χ3v) is 4.27. The van der Waals surface area contributed by atoms with E-state index in [1.54, 1.807) is 47.8 Å². The minimum Gasteiger partial charge on any atom is -0.345 e. The van der Waals surface area contributed by atoms with E-state index in [4.69, 9.17) is 5.73 Å². The van der Waals surface area contributed by atoms with Crippen LogP contribution in [0, 0.1) is 0 Å². The molecule has 2 N–H and O–H groups in total. The lowest BCUT2D eigenvalue weighted by molar-refractivity contribution is -0.133. The van der Waals surface area contributed by atoms with Gasteiger partial charge in [0.1, 0.15) is 0 Å². The van der Waals surface area contributed by atoms with Crippen LogP contribution in [0.25, 0.3) is 0 Å². The molecule has 1 rings (SSSR count). The molecule has 0 radical (unpaired) electrons. The number of carbonyl (C=O) groups excluding carboxylic acids is 2. The van der Waals surface area contributed by atoms with Gasteiger partial charge in [-0.25, -0.2) is 0 Å². The molecule has 0 aliphatic heterocycles. The Hall–Kier alpha value is -1.24. The summed E-state index contributed by atoms with van der Waals surface area (Å²) >= 11 is 1.69. The normalized spacial score (nSPS) is 11.4. The van der Waals surface area contributed by atoms with E-state index in [9.17, 15) is 9.59 Å². The number of halogens is 1. The highest BCUT2D eigenvalue weighted by atomic mass is 35.5. The van der Waals surface area contributed by atoms with Crippen molar-refractivity contribution in [3.05, 3.63) is 35.4 Å². The first-order chi connectivity index (χ1) is 10.9. The van der Waals surface area contributed by atoms with Crippen molar-refractivity contribution in [2.75, 3.05) is 32.6 Å². The smallest absolute Gasteiger partial charge is 0.253 e. The molecule has 0 aromatic heterocycles. The average molecular weight is 374 g/mol. The fourth-order valence-electron chi connectivity index (χ4n) is 2.18. The lowest BCUT2D eigenvalue weighted by Crippen LogP contribution is -2.43. The molecule has 7 heteroatoms. The molecule has 0 spiro atoms. The topological polar surface area (TPSA) is 66.6 Å². The molecule has 2 amide bonds. The maximum atomic E-state index is 12.4. The zero-order valence-electron chi connectivity index (χ0n) is 14.8. The number of thioether (sulfide) groups is 1. The van der Waals surface area contributed by atoms with E-state index in [1.807, 2.05) is 25.3 Å². The molecule has 0 saturated carbocycles. The number of nitrogens with two attached hydrogens (primary N) is 1. The van der Waals surface area contributed by atoms with Gasteiger partial charge in [-0.2, -0.15) is 11.8 Å². The summed E-state index contributed by atoms with van der Waals surface area (Å²) in [7, 11) is 3.45. The third kappa shape index (κ3) is 6.71. The number of rotatable bonds is 8. The van der Waals surface area contributed by atoms with Gasteiger partial charge >= 0.3 is 0 Å². The van der Waals surface area contributed by atoms with Crippen LogP contribution in [-0.2, 0) is 11.3 Å². The second-order valence-corrected chi connectivity index (χ2v) is 6.62. The largest absolute Gasteiger partial charge is 0.345 e. The monoisotopic (exact) mass is 373 g/mol. The van der Waals surface area contributed by atoms with Crippen LogP contribution in [0.15, 0.2) is 24.3 Å². The van der Waals surface area contributed by atoms with Gasteiger partial charge in [0.2, 0.25) is 5.91 Å². The number of hydrogen-bond donors (Lipinski definition) is 1. The molecule has 136 valence electrons. The summed E-state index contributed by atoms with van der Waals surface area (Å²) in [4.78, 5) is 27.6. The number of hydrogen-bond acceptors (Lipinski definition) is 4. The second-order valence-electron chi connectivity index (χ2n) is 5.64. The molecule has 0 aliphatic carbocycles. The van der Waals surface area contributed by atoms with Crippen LogP contribution in [-0.4, -0.2) is 60.3 Å². The number of carbonyl (C=O) groups is 2. The summed E-state index contributed by atoms with van der Waals surface area (Å²) in [5.74, 6) is 0.834. The van der Waals surface area contributed by atoms with E-state index in [-0.39, 0.29) is 24.2 Å². The molecule has 5 nitrogen and oxygen atoms in total. The highest BCUT2D eigenvalue weighted by molar-refractivity contribution is 7.98. The second kappa shape index (κ2) is 11.3. The Morgan fingerprint density at radius 1 is 1.21 bits per heavy atom. The van der Waals surface area contributed by atoms with Crippen molar-refractivity contribution in [1.82, 2.24) is 9.80 Å². The molecule has 1 atom stereocenters. The van der Waals surface area contributed by atoms with Gasteiger partial charge in [-0.1, -0.05) is 12.1 Å². The Balaban J connectivity index is 0.00000529. The van der Waals surface area contributed by atoms with Crippen LogP contribution in [0.2, 0.25) is 0 Å². The van der Waals surface area contributed by atoms with Crippen molar-refractivity contribution in [3.63, 3.8) is 0 Å². The van der Waals surface area contributed by atoms with E-state index < -0.39 is 6.04 Å².